The number of rotatable bonds is 5. The summed E-state index contributed by atoms with van der Waals surface area (Å²) >= 11 is 0. The lowest BCUT2D eigenvalue weighted by Crippen LogP contribution is -2.36. The van der Waals surface area contributed by atoms with Crippen molar-refractivity contribution in [3.8, 4) is 11.5 Å². The third-order valence-electron chi connectivity index (χ3n) is 4.92. The summed E-state index contributed by atoms with van der Waals surface area (Å²) in [6.45, 7) is 0.706. The Morgan fingerprint density at radius 3 is 2.36 bits per heavy atom. The molecular formula is C20H24FNO3. The Morgan fingerprint density at radius 2 is 1.76 bits per heavy atom. The van der Waals surface area contributed by atoms with E-state index in [1.54, 1.807) is 26.4 Å². The predicted octanol–water partition coefficient (Wildman–Crippen LogP) is 3.62. The highest BCUT2D eigenvalue weighted by Gasteiger charge is 2.28. The van der Waals surface area contributed by atoms with E-state index in [1.807, 2.05) is 18.2 Å². The maximum Gasteiger partial charge on any atom is 0.161 e. The van der Waals surface area contributed by atoms with Gasteiger partial charge in [-0.1, -0.05) is 18.2 Å². The summed E-state index contributed by atoms with van der Waals surface area (Å²) in [5.41, 5.74) is 1.91. The third-order valence-corrected chi connectivity index (χ3v) is 4.92. The van der Waals surface area contributed by atoms with Crippen LogP contribution in [0.4, 0.5) is 4.39 Å². The number of hydrogen-bond donors (Lipinski definition) is 2. The molecule has 1 aliphatic rings. The quantitative estimate of drug-likeness (QED) is 0.869. The zero-order valence-electron chi connectivity index (χ0n) is 14.5. The predicted molar refractivity (Wildman–Crippen MR) is 94.4 cm³/mol. The van der Waals surface area contributed by atoms with Crippen LogP contribution in [0.3, 0.4) is 0 Å². The van der Waals surface area contributed by atoms with Crippen molar-refractivity contribution in [3.63, 3.8) is 0 Å². The Bertz CT molecular complexity index is 697. The molecule has 1 heterocycles. The number of piperidine rings is 1. The highest BCUT2D eigenvalue weighted by molar-refractivity contribution is 5.43. The van der Waals surface area contributed by atoms with Gasteiger partial charge in [-0.15, -0.1) is 0 Å². The summed E-state index contributed by atoms with van der Waals surface area (Å²) in [6, 6.07) is 12.2. The molecule has 2 aromatic carbocycles. The average molecular weight is 345 g/mol. The van der Waals surface area contributed by atoms with Gasteiger partial charge in [-0.2, -0.15) is 0 Å². The van der Waals surface area contributed by atoms with Crippen molar-refractivity contribution in [1.29, 1.82) is 0 Å². The molecule has 2 N–H and O–H groups in total. The second-order valence-corrected chi connectivity index (χ2v) is 6.41. The normalized spacial score (nSPS) is 21.6. The Morgan fingerprint density at radius 1 is 1.04 bits per heavy atom. The number of ether oxygens (including phenoxy) is 2. The van der Waals surface area contributed by atoms with Crippen LogP contribution in [0.25, 0.3) is 0 Å². The topological polar surface area (TPSA) is 50.7 Å². The van der Waals surface area contributed by atoms with Gasteiger partial charge in [0.25, 0.3) is 0 Å². The second-order valence-electron chi connectivity index (χ2n) is 6.41. The van der Waals surface area contributed by atoms with E-state index in [2.05, 4.69) is 5.32 Å². The SMILES string of the molecule is COc1ccc(C2CCC(C(O)c3ccc(F)cc3)CN2)cc1OC. The van der Waals surface area contributed by atoms with E-state index in [9.17, 15) is 9.50 Å². The number of halogens is 1. The third kappa shape index (κ3) is 3.94. The molecule has 4 nitrogen and oxygen atoms in total. The van der Waals surface area contributed by atoms with Crippen molar-refractivity contribution in [2.45, 2.75) is 25.0 Å². The van der Waals surface area contributed by atoms with Gasteiger partial charge >= 0.3 is 0 Å². The van der Waals surface area contributed by atoms with Gasteiger partial charge in [0.15, 0.2) is 11.5 Å². The van der Waals surface area contributed by atoms with Crippen LogP contribution in [0.5, 0.6) is 11.5 Å². The van der Waals surface area contributed by atoms with Gasteiger partial charge in [0.2, 0.25) is 0 Å². The van der Waals surface area contributed by atoms with E-state index in [1.165, 1.54) is 12.1 Å². The molecule has 134 valence electrons. The molecule has 5 heteroatoms. The first-order valence-electron chi connectivity index (χ1n) is 8.51. The number of aliphatic hydroxyl groups is 1. The van der Waals surface area contributed by atoms with Crippen molar-refractivity contribution in [3.05, 3.63) is 59.4 Å². The van der Waals surface area contributed by atoms with Gasteiger partial charge in [0, 0.05) is 18.5 Å². The highest BCUT2D eigenvalue weighted by Crippen LogP contribution is 2.36. The molecule has 1 fully saturated rings. The summed E-state index contributed by atoms with van der Waals surface area (Å²) in [4.78, 5) is 0. The van der Waals surface area contributed by atoms with Crippen LogP contribution in [-0.4, -0.2) is 25.9 Å². The molecule has 0 aliphatic carbocycles. The Balaban J connectivity index is 1.64. The standard InChI is InChI=1S/C20H24FNO3/c1-24-18-10-6-14(11-19(18)25-2)17-9-5-15(12-22-17)20(23)13-3-7-16(21)8-4-13/h3-4,6-8,10-11,15,17,20,22-23H,5,9,12H2,1-2H3. The van der Waals surface area contributed by atoms with Crippen molar-refractivity contribution in [2.24, 2.45) is 5.92 Å². The molecule has 0 saturated carbocycles. The van der Waals surface area contributed by atoms with Crippen molar-refractivity contribution >= 4 is 0 Å². The van der Waals surface area contributed by atoms with Gasteiger partial charge in [-0.3, -0.25) is 0 Å². The first-order valence-corrected chi connectivity index (χ1v) is 8.51. The van der Waals surface area contributed by atoms with Gasteiger partial charge in [0.1, 0.15) is 5.82 Å². The van der Waals surface area contributed by atoms with Gasteiger partial charge in [-0.05, 0) is 48.2 Å². The minimum atomic E-state index is -0.584. The largest absolute Gasteiger partial charge is 0.493 e. The lowest BCUT2D eigenvalue weighted by Gasteiger charge is -2.33. The zero-order chi connectivity index (χ0) is 17.8. The molecule has 2 aromatic rings. The fraction of sp³-hybridized carbons (Fsp3) is 0.400. The van der Waals surface area contributed by atoms with Gasteiger partial charge < -0.3 is 19.9 Å². The van der Waals surface area contributed by atoms with Crippen LogP contribution < -0.4 is 14.8 Å². The zero-order valence-corrected chi connectivity index (χ0v) is 14.5. The van der Waals surface area contributed by atoms with Crippen molar-refractivity contribution in [2.75, 3.05) is 20.8 Å². The maximum absolute atomic E-state index is 13.0. The first kappa shape index (κ1) is 17.7. The maximum atomic E-state index is 13.0. The number of methoxy groups -OCH3 is 2. The van der Waals surface area contributed by atoms with Crippen LogP contribution in [0.2, 0.25) is 0 Å². The van der Waals surface area contributed by atoms with Gasteiger partial charge in [0.05, 0.1) is 20.3 Å². The van der Waals surface area contributed by atoms with E-state index < -0.39 is 6.10 Å². The van der Waals surface area contributed by atoms with E-state index in [4.69, 9.17) is 9.47 Å². The van der Waals surface area contributed by atoms with Crippen LogP contribution in [0.1, 0.15) is 36.1 Å². The molecule has 1 aliphatic heterocycles. The van der Waals surface area contributed by atoms with Crippen LogP contribution in [-0.2, 0) is 0 Å². The molecule has 0 bridgehead atoms. The van der Waals surface area contributed by atoms with Crippen LogP contribution in [0, 0.1) is 11.7 Å². The first-order chi connectivity index (χ1) is 12.1. The van der Waals surface area contributed by atoms with E-state index >= 15 is 0 Å². The van der Waals surface area contributed by atoms with E-state index in [0.29, 0.717) is 12.3 Å². The monoisotopic (exact) mass is 345 g/mol. The van der Waals surface area contributed by atoms with Crippen molar-refractivity contribution < 1.29 is 19.0 Å². The number of hydrogen-bond acceptors (Lipinski definition) is 4. The molecule has 3 unspecified atom stereocenters. The summed E-state index contributed by atoms with van der Waals surface area (Å²) in [5.74, 6) is 1.26. The molecule has 25 heavy (non-hydrogen) atoms. The van der Waals surface area contributed by atoms with E-state index in [0.717, 1.165) is 29.7 Å². The molecular weight excluding hydrogens is 321 g/mol. The lowest BCUT2D eigenvalue weighted by molar-refractivity contribution is 0.0840. The Kier molecular flexibility index (Phi) is 5.56. The molecule has 0 amide bonds. The second kappa shape index (κ2) is 7.85. The Labute approximate surface area is 147 Å². The minimum Gasteiger partial charge on any atom is -0.493 e. The lowest BCUT2D eigenvalue weighted by atomic mass is 9.85. The minimum absolute atomic E-state index is 0.113. The van der Waals surface area contributed by atoms with Crippen LogP contribution >= 0.6 is 0 Å². The van der Waals surface area contributed by atoms with Gasteiger partial charge in [-0.25, -0.2) is 4.39 Å². The fourth-order valence-corrected chi connectivity index (χ4v) is 3.43. The van der Waals surface area contributed by atoms with Crippen LogP contribution in [0.15, 0.2) is 42.5 Å². The number of benzene rings is 2. The average Bonchev–Trinajstić information content (AvgIpc) is 2.67. The highest BCUT2D eigenvalue weighted by atomic mass is 19.1. The van der Waals surface area contributed by atoms with E-state index in [-0.39, 0.29) is 17.8 Å². The molecule has 1 saturated heterocycles. The fourth-order valence-electron chi connectivity index (χ4n) is 3.43. The van der Waals surface area contributed by atoms with Crippen molar-refractivity contribution in [1.82, 2.24) is 5.32 Å². The number of aliphatic hydroxyl groups excluding tert-OH is 1. The smallest absolute Gasteiger partial charge is 0.161 e. The number of nitrogens with one attached hydrogen (secondary N) is 1. The molecule has 3 rings (SSSR count). The molecule has 0 aromatic heterocycles. The summed E-state index contributed by atoms with van der Waals surface area (Å²) < 4.78 is 23.7. The molecule has 0 radical (unpaired) electrons. The summed E-state index contributed by atoms with van der Waals surface area (Å²) in [5, 5.41) is 14.1. The Hall–Kier alpha value is -2.11. The molecule has 0 spiro atoms. The summed E-state index contributed by atoms with van der Waals surface area (Å²) in [7, 11) is 3.25. The molecule has 3 atom stereocenters. The summed E-state index contributed by atoms with van der Waals surface area (Å²) in [6.07, 6.45) is 1.22.